The first kappa shape index (κ1) is 28.4. The normalized spacial score (nSPS) is 14.8. The average molecular weight is 567 g/mol. The Bertz CT molecular complexity index is 1540. The second-order valence-electron chi connectivity index (χ2n) is 10.3. The molecular formula is C30H33F3N6O2. The van der Waals surface area contributed by atoms with Crippen LogP contribution >= 0.6 is 0 Å². The molecule has 0 unspecified atom stereocenters. The molecule has 41 heavy (non-hydrogen) atoms. The molecule has 0 radical (unpaired) electrons. The number of halogens is 3. The van der Waals surface area contributed by atoms with E-state index in [0.29, 0.717) is 31.1 Å². The fourth-order valence-electron chi connectivity index (χ4n) is 5.04. The molecule has 5 rings (SSSR count). The molecule has 0 atom stereocenters. The van der Waals surface area contributed by atoms with Crippen LogP contribution in [0.4, 0.5) is 24.5 Å². The van der Waals surface area contributed by atoms with E-state index < -0.39 is 17.6 Å². The summed E-state index contributed by atoms with van der Waals surface area (Å²) in [5, 5.41) is 6.98. The summed E-state index contributed by atoms with van der Waals surface area (Å²) in [7, 11) is 3.60. The number of hydrogen-bond donors (Lipinski definition) is 3. The van der Waals surface area contributed by atoms with Crippen molar-refractivity contribution in [3.05, 3.63) is 82.7 Å². The molecule has 0 spiro atoms. The summed E-state index contributed by atoms with van der Waals surface area (Å²) < 4.78 is 47.6. The van der Waals surface area contributed by atoms with Crippen molar-refractivity contribution in [3.63, 3.8) is 0 Å². The minimum atomic E-state index is -4.57. The summed E-state index contributed by atoms with van der Waals surface area (Å²) in [6.45, 7) is 5.54. The molecule has 11 heteroatoms. The van der Waals surface area contributed by atoms with Gasteiger partial charge in [0.15, 0.2) is 0 Å². The highest BCUT2D eigenvalue weighted by Crippen LogP contribution is 2.34. The van der Waals surface area contributed by atoms with Crippen molar-refractivity contribution < 1.29 is 22.7 Å². The van der Waals surface area contributed by atoms with E-state index in [-0.39, 0.29) is 17.7 Å². The summed E-state index contributed by atoms with van der Waals surface area (Å²) >= 11 is 0. The molecule has 3 N–H and O–H groups in total. The topological polar surface area (TPSA) is 85.5 Å². The number of amides is 1. The highest BCUT2D eigenvalue weighted by atomic mass is 19.4. The first-order valence-corrected chi connectivity index (χ1v) is 13.4. The molecule has 0 bridgehead atoms. The maximum absolute atomic E-state index is 14.0. The number of likely N-dealkylation sites (N-methyl/N-ethyl adjacent to an activating group) is 1. The third-order valence-electron chi connectivity index (χ3n) is 7.45. The SMILES string of the molecule is COc1c(CNc2cc(NC(=O)c3ccc(CN4CCN(C)CC4)c(C(F)(F)F)c3)ccc2C)cnc2[nH]ccc12. The Morgan fingerprint density at radius 2 is 1.85 bits per heavy atom. The van der Waals surface area contributed by atoms with E-state index in [4.69, 9.17) is 4.74 Å². The third-order valence-corrected chi connectivity index (χ3v) is 7.45. The van der Waals surface area contributed by atoms with Crippen molar-refractivity contribution in [2.75, 3.05) is 51.0 Å². The number of carbonyl (C=O) groups excluding carboxylic acids is 1. The smallest absolute Gasteiger partial charge is 0.416 e. The predicted octanol–water partition coefficient (Wildman–Crippen LogP) is 5.51. The van der Waals surface area contributed by atoms with Crippen molar-refractivity contribution in [1.29, 1.82) is 0 Å². The van der Waals surface area contributed by atoms with Crippen LogP contribution < -0.4 is 15.4 Å². The number of hydrogen-bond acceptors (Lipinski definition) is 6. The van der Waals surface area contributed by atoms with Crippen LogP contribution in [0.5, 0.6) is 5.75 Å². The molecule has 2 aromatic carbocycles. The highest BCUT2D eigenvalue weighted by Gasteiger charge is 2.34. The number of fused-ring (bicyclic) bond motifs is 1. The number of alkyl halides is 3. The Morgan fingerprint density at radius 1 is 1.07 bits per heavy atom. The zero-order valence-corrected chi connectivity index (χ0v) is 23.2. The maximum atomic E-state index is 14.0. The van der Waals surface area contributed by atoms with Crippen LogP contribution in [0.25, 0.3) is 11.0 Å². The number of benzene rings is 2. The number of nitrogens with one attached hydrogen (secondary N) is 3. The van der Waals surface area contributed by atoms with E-state index >= 15 is 0 Å². The molecule has 1 aliphatic heterocycles. The van der Waals surface area contributed by atoms with Crippen LogP contribution in [0.1, 0.15) is 32.6 Å². The van der Waals surface area contributed by atoms with Gasteiger partial charge in [-0.25, -0.2) is 4.98 Å². The van der Waals surface area contributed by atoms with Crippen LogP contribution in [-0.2, 0) is 19.3 Å². The van der Waals surface area contributed by atoms with Gasteiger partial charge < -0.3 is 25.3 Å². The van der Waals surface area contributed by atoms with Crippen molar-refractivity contribution in [1.82, 2.24) is 19.8 Å². The van der Waals surface area contributed by atoms with Crippen LogP contribution in [0.2, 0.25) is 0 Å². The molecule has 1 amide bonds. The molecule has 1 fully saturated rings. The largest absolute Gasteiger partial charge is 0.496 e. The van der Waals surface area contributed by atoms with Gasteiger partial charge in [0.05, 0.1) is 18.1 Å². The number of aromatic nitrogens is 2. The first-order valence-electron chi connectivity index (χ1n) is 13.4. The number of methoxy groups -OCH3 is 1. The minimum Gasteiger partial charge on any atom is -0.496 e. The monoisotopic (exact) mass is 566 g/mol. The van der Waals surface area contributed by atoms with Crippen LogP contribution in [0.15, 0.2) is 54.9 Å². The molecule has 0 saturated carbocycles. The Hall–Kier alpha value is -4.09. The summed E-state index contributed by atoms with van der Waals surface area (Å²) in [6.07, 6.45) is -1.04. The lowest BCUT2D eigenvalue weighted by Gasteiger charge is -2.33. The van der Waals surface area contributed by atoms with Gasteiger partial charge in [0.1, 0.15) is 11.4 Å². The Kier molecular flexibility index (Phi) is 8.18. The van der Waals surface area contributed by atoms with Crippen molar-refractivity contribution in [2.24, 2.45) is 0 Å². The fraction of sp³-hybridized carbons (Fsp3) is 0.333. The summed E-state index contributed by atoms with van der Waals surface area (Å²) in [4.78, 5) is 24.7. The molecule has 8 nitrogen and oxygen atoms in total. The standard InChI is InChI=1S/C30H33F3N6O2/c1-19-4-7-23(15-26(19)35-16-22-17-36-28-24(8-9-34-28)27(22)41-3)37-29(40)20-5-6-21(25(14-20)30(31,32)33)18-39-12-10-38(2)11-13-39/h4-9,14-15,17,35H,10-13,16,18H2,1-3H3,(H,34,36)(H,37,40). The number of nitrogens with zero attached hydrogens (tertiary/aromatic N) is 3. The van der Waals surface area contributed by atoms with Gasteiger partial charge >= 0.3 is 6.18 Å². The second kappa shape index (κ2) is 11.8. The van der Waals surface area contributed by atoms with Gasteiger partial charge in [0, 0.05) is 74.2 Å². The van der Waals surface area contributed by atoms with Gasteiger partial charge in [-0.1, -0.05) is 12.1 Å². The van der Waals surface area contributed by atoms with Crippen LogP contribution in [0.3, 0.4) is 0 Å². The molecule has 1 aliphatic rings. The third kappa shape index (κ3) is 6.47. The van der Waals surface area contributed by atoms with Crippen molar-refractivity contribution in [2.45, 2.75) is 26.2 Å². The Balaban J connectivity index is 1.30. The number of piperazine rings is 1. The number of pyridine rings is 1. The Morgan fingerprint density at radius 3 is 2.59 bits per heavy atom. The number of anilines is 2. The van der Waals surface area contributed by atoms with E-state index in [9.17, 15) is 18.0 Å². The van der Waals surface area contributed by atoms with Crippen LogP contribution in [-0.4, -0.2) is 66.0 Å². The molecule has 1 saturated heterocycles. The molecule has 3 heterocycles. The van der Waals surface area contributed by atoms with E-state index in [1.807, 2.05) is 31.0 Å². The minimum absolute atomic E-state index is 0.0508. The van der Waals surface area contributed by atoms with Gasteiger partial charge in [0.2, 0.25) is 0 Å². The van der Waals surface area contributed by atoms with Gasteiger partial charge in [-0.2, -0.15) is 13.2 Å². The summed E-state index contributed by atoms with van der Waals surface area (Å²) in [5.74, 6) is 0.0997. The molecular weight excluding hydrogens is 533 g/mol. The molecule has 4 aromatic rings. The average Bonchev–Trinajstić information content (AvgIpc) is 3.43. The number of aromatic amines is 1. The number of aryl methyl sites for hydroxylation is 1. The van der Waals surface area contributed by atoms with E-state index in [0.717, 1.165) is 47.0 Å². The highest BCUT2D eigenvalue weighted by molar-refractivity contribution is 6.04. The Labute approximate surface area is 236 Å². The van der Waals surface area contributed by atoms with Gasteiger partial charge in [-0.3, -0.25) is 9.69 Å². The molecule has 216 valence electrons. The quantitative estimate of drug-likeness (QED) is 0.261. The second-order valence-corrected chi connectivity index (χ2v) is 10.3. The first-order chi connectivity index (χ1) is 19.6. The van der Waals surface area contributed by atoms with Gasteiger partial charge in [0.25, 0.3) is 5.91 Å². The van der Waals surface area contributed by atoms with Gasteiger partial charge in [-0.05, 0) is 55.4 Å². The summed E-state index contributed by atoms with van der Waals surface area (Å²) in [5.41, 5.74) is 3.08. The van der Waals surface area contributed by atoms with Crippen molar-refractivity contribution in [3.8, 4) is 5.75 Å². The van der Waals surface area contributed by atoms with E-state index in [1.54, 1.807) is 31.6 Å². The zero-order valence-electron chi connectivity index (χ0n) is 23.2. The lowest BCUT2D eigenvalue weighted by molar-refractivity contribution is -0.138. The van der Waals surface area contributed by atoms with Crippen molar-refractivity contribution >= 4 is 28.3 Å². The van der Waals surface area contributed by atoms with E-state index in [1.165, 1.54) is 12.1 Å². The number of rotatable bonds is 8. The van der Waals surface area contributed by atoms with Crippen LogP contribution in [0, 0.1) is 6.92 Å². The molecule has 0 aliphatic carbocycles. The lowest BCUT2D eigenvalue weighted by atomic mass is 10.0. The van der Waals surface area contributed by atoms with E-state index in [2.05, 4.69) is 25.5 Å². The predicted molar refractivity (Wildman–Crippen MR) is 153 cm³/mol. The number of ether oxygens (including phenoxy) is 1. The number of H-pyrrole nitrogens is 1. The van der Waals surface area contributed by atoms with Gasteiger partial charge in [-0.15, -0.1) is 0 Å². The lowest BCUT2D eigenvalue weighted by Crippen LogP contribution is -2.44. The molecule has 2 aromatic heterocycles. The fourth-order valence-corrected chi connectivity index (χ4v) is 5.04. The summed E-state index contributed by atoms with van der Waals surface area (Å²) in [6, 6.07) is 11.0. The number of carbonyl (C=O) groups is 1. The zero-order chi connectivity index (χ0) is 29.1. The maximum Gasteiger partial charge on any atom is 0.416 e.